The lowest BCUT2D eigenvalue weighted by Crippen LogP contribution is -2.40. The third-order valence-corrected chi connectivity index (χ3v) is 3.76. The zero-order valence-corrected chi connectivity index (χ0v) is 12.8. The Morgan fingerprint density at radius 2 is 2.35 bits per heavy atom. The highest BCUT2D eigenvalue weighted by atomic mass is 16.2. The average Bonchev–Trinajstić information content (AvgIpc) is 2.97. The van der Waals surface area contributed by atoms with Gasteiger partial charge in [-0.05, 0) is 33.4 Å². The molecule has 1 aliphatic heterocycles. The number of urea groups is 1. The van der Waals surface area contributed by atoms with Crippen LogP contribution >= 0.6 is 0 Å². The number of nitrogens with zero attached hydrogens (tertiary/aromatic N) is 4. The number of hydrogen-bond donors (Lipinski definition) is 1. The molecule has 112 valence electrons. The van der Waals surface area contributed by atoms with Gasteiger partial charge < -0.3 is 15.1 Å². The average molecular weight is 279 g/mol. The van der Waals surface area contributed by atoms with Crippen LogP contribution in [0.1, 0.15) is 24.9 Å². The maximum absolute atomic E-state index is 12.2. The van der Waals surface area contributed by atoms with E-state index in [4.69, 9.17) is 0 Å². The monoisotopic (exact) mass is 279 g/mol. The first-order valence-electron chi connectivity index (χ1n) is 7.14. The second kappa shape index (κ2) is 6.26. The van der Waals surface area contributed by atoms with Crippen LogP contribution in [0.15, 0.2) is 12.4 Å². The first-order valence-corrected chi connectivity index (χ1v) is 7.14. The van der Waals surface area contributed by atoms with E-state index < -0.39 is 0 Å². The summed E-state index contributed by atoms with van der Waals surface area (Å²) in [4.78, 5) is 16.3. The minimum Gasteiger partial charge on any atom is -0.331 e. The third-order valence-electron chi connectivity index (χ3n) is 3.76. The van der Waals surface area contributed by atoms with Crippen LogP contribution in [0, 0.1) is 5.92 Å². The molecular weight excluding hydrogens is 254 g/mol. The molecule has 6 nitrogen and oxygen atoms in total. The molecule has 1 N–H and O–H groups in total. The van der Waals surface area contributed by atoms with E-state index in [0.29, 0.717) is 5.92 Å². The number of rotatable bonds is 4. The molecule has 0 radical (unpaired) electrons. The number of carbonyl (C=O) groups is 1. The number of carbonyl (C=O) groups excluding carboxylic acids is 1. The van der Waals surface area contributed by atoms with Gasteiger partial charge in [0.05, 0.1) is 12.2 Å². The van der Waals surface area contributed by atoms with Crippen LogP contribution in [0.3, 0.4) is 0 Å². The largest absolute Gasteiger partial charge is 0.331 e. The summed E-state index contributed by atoms with van der Waals surface area (Å²) in [6, 6.07) is 0.0201. The van der Waals surface area contributed by atoms with Gasteiger partial charge >= 0.3 is 6.03 Å². The Labute approximate surface area is 120 Å². The molecule has 0 spiro atoms. The van der Waals surface area contributed by atoms with Gasteiger partial charge in [-0.25, -0.2) is 4.79 Å². The van der Waals surface area contributed by atoms with E-state index in [9.17, 15) is 4.79 Å². The first-order chi connectivity index (χ1) is 9.45. The number of aromatic nitrogens is 2. The molecule has 2 amide bonds. The van der Waals surface area contributed by atoms with Crippen LogP contribution in [-0.4, -0.2) is 59.3 Å². The quantitative estimate of drug-likeness (QED) is 0.897. The van der Waals surface area contributed by atoms with Crippen molar-refractivity contribution in [2.24, 2.45) is 13.0 Å². The fourth-order valence-corrected chi connectivity index (χ4v) is 2.71. The standard InChI is InChI=1S/C14H25N5O/c1-11(13-7-15-18(4)10-13)16-14(20)19-6-5-12(9-19)8-17(2)3/h7,10-12H,5-6,8-9H2,1-4H3,(H,16,20)/t11-,12+/m0/s1. The summed E-state index contributed by atoms with van der Waals surface area (Å²) in [5, 5.41) is 7.18. The van der Waals surface area contributed by atoms with Gasteiger partial charge in [0.25, 0.3) is 0 Å². The first kappa shape index (κ1) is 14.8. The van der Waals surface area contributed by atoms with Crippen molar-refractivity contribution < 1.29 is 4.79 Å². The number of aryl methyl sites for hydroxylation is 1. The Hall–Kier alpha value is -1.56. The van der Waals surface area contributed by atoms with Crippen LogP contribution in [0.2, 0.25) is 0 Å². The SMILES string of the molecule is C[C@H](NC(=O)N1CC[C@H](CN(C)C)C1)c1cnn(C)c1. The van der Waals surface area contributed by atoms with Crippen molar-refractivity contribution in [1.82, 2.24) is 24.9 Å². The van der Waals surface area contributed by atoms with Gasteiger partial charge in [0.1, 0.15) is 0 Å². The summed E-state index contributed by atoms with van der Waals surface area (Å²) < 4.78 is 1.75. The van der Waals surface area contributed by atoms with Crippen LogP contribution in [0.4, 0.5) is 4.79 Å². The van der Waals surface area contributed by atoms with Crippen molar-refractivity contribution >= 4 is 6.03 Å². The molecule has 2 heterocycles. The van der Waals surface area contributed by atoms with E-state index in [1.165, 1.54) is 0 Å². The molecular formula is C14H25N5O. The Balaban J connectivity index is 1.83. The highest BCUT2D eigenvalue weighted by Crippen LogP contribution is 2.18. The minimum absolute atomic E-state index is 0.0101. The molecule has 0 aromatic carbocycles. The van der Waals surface area contributed by atoms with Crippen molar-refractivity contribution in [3.63, 3.8) is 0 Å². The summed E-state index contributed by atoms with van der Waals surface area (Å²) in [6.45, 7) is 4.73. The summed E-state index contributed by atoms with van der Waals surface area (Å²) in [5.74, 6) is 0.587. The maximum atomic E-state index is 12.2. The Morgan fingerprint density at radius 3 is 2.95 bits per heavy atom. The normalized spacial score (nSPS) is 20.4. The Bertz CT molecular complexity index is 456. The van der Waals surface area contributed by atoms with Gasteiger partial charge in [0.2, 0.25) is 0 Å². The van der Waals surface area contributed by atoms with Crippen LogP contribution in [0.5, 0.6) is 0 Å². The predicted molar refractivity (Wildman–Crippen MR) is 78.4 cm³/mol. The van der Waals surface area contributed by atoms with Gasteiger partial charge in [-0.1, -0.05) is 0 Å². The van der Waals surface area contributed by atoms with E-state index in [0.717, 1.165) is 31.6 Å². The second-order valence-corrected chi connectivity index (χ2v) is 5.98. The van der Waals surface area contributed by atoms with Gasteiger partial charge in [0, 0.05) is 38.4 Å². The maximum Gasteiger partial charge on any atom is 0.317 e. The number of likely N-dealkylation sites (tertiary alicyclic amines) is 1. The second-order valence-electron chi connectivity index (χ2n) is 5.98. The lowest BCUT2D eigenvalue weighted by molar-refractivity contribution is 0.202. The summed E-state index contributed by atoms with van der Waals surface area (Å²) in [5.41, 5.74) is 1.03. The van der Waals surface area contributed by atoms with Crippen molar-refractivity contribution in [3.05, 3.63) is 18.0 Å². The number of amides is 2. The number of nitrogens with one attached hydrogen (secondary N) is 1. The molecule has 1 aromatic rings. The Kier molecular flexibility index (Phi) is 4.65. The van der Waals surface area contributed by atoms with Gasteiger partial charge in [0.15, 0.2) is 0 Å². The van der Waals surface area contributed by atoms with Crippen LogP contribution in [-0.2, 0) is 7.05 Å². The van der Waals surface area contributed by atoms with Gasteiger partial charge in [-0.2, -0.15) is 5.10 Å². The van der Waals surface area contributed by atoms with E-state index >= 15 is 0 Å². The molecule has 0 unspecified atom stereocenters. The van der Waals surface area contributed by atoms with Crippen LogP contribution in [0.25, 0.3) is 0 Å². The summed E-state index contributed by atoms with van der Waals surface area (Å²) in [7, 11) is 6.03. The van der Waals surface area contributed by atoms with Gasteiger partial charge in [-0.15, -0.1) is 0 Å². The van der Waals surface area contributed by atoms with Crippen molar-refractivity contribution in [2.45, 2.75) is 19.4 Å². The molecule has 2 rings (SSSR count). The lowest BCUT2D eigenvalue weighted by atomic mass is 10.1. The fourth-order valence-electron chi connectivity index (χ4n) is 2.71. The molecule has 0 bridgehead atoms. The van der Waals surface area contributed by atoms with Crippen molar-refractivity contribution in [2.75, 3.05) is 33.7 Å². The molecule has 6 heteroatoms. The lowest BCUT2D eigenvalue weighted by Gasteiger charge is -2.21. The molecule has 0 saturated carbocycles. The number of hydrogen-bond acceptors (Lipinski definition) is 3. The fraction of sp³-hybridized carbons (Fsp3) is 0.714. The smallest absolute Gasteiger partial charge is 0.317 e. The molecule has 1 saturated heterocycles. The molecule has 0 aliphatic carbocycles. The zero-order valence-electron chi connectivity index (χ0n) is 12.8. The highest BCUT2D eigenvalue weighted by Gasteiger charge is 2.27. The van der Waals surface area contributed by atoms with Crippen molar-refractivity contribution in [3.8, 4) is 0 Å². The summed E-state index contributed by atoms with van der Waals surface area (Å²) >= 11 is 0. The molecule has 20 heavy (non-hydrogen) atoms. The van der Waals surface area contributed by atoms with E-state index in [-0.39, 0.29) is 12.1 Å². The minimum atomic E-state index is -0.0101. The molecule has 1 fully saturated rings. The molecule has 2 atom stereocenters. The third kappa shape index (κ3) is 3.72. The Morgan fingerprint density at radius 1 is 1.60 bits per heavy atom. The topological polar surface area (TPSA) is 53.4 Å². The van der Waals surface area contributed by atoms with Gasteiger partial charge in [-0.3, -0.25) is 4.68 Å². The highest BCUT2D eigenvalue weighted by molar-refractivity contribution is 5.75. The van der Waals surface area contributed by atoms with Crippen LogP contribution < -0.4 is 5.32 Å². The van der Waals surface area contributed by atoms with E-state index in [2.05, 4.69) is 29.4 Å². The zero-order chi connectivity index (χ0) is 14.7. The van der Waals surface area contributed by atoms with E-state index in [1.807, 2.05) is 25.1 Å². The van der Waals surface area contributed by atoms with Crippen molar-refractivity contribution in [1.29, 1.82) is 0 Å². The molecule has 1 aliphatic rings. The van der Waals surface area contributed by atoms with E-state index in [1.54, 1.807) is 10.9 Å². The molecule has 1 aromatic heterocycles. The summed E-state index contributed by atoms with van der Waals surface area (Å²) in [6.07, 6.45) is 4.82. The predicted octanol–water partition coefficient (Wildman–Crippen LogP) is 1.07.